The van der Waals surface area contributed by atoms with Crippen LogP contribution in [0.5, 0.6) is 0 Å². The average molecular weight is 781 g/mol. The first-order chi connectivity index (χ1) is 25.1. The largest absolute Gasteiger partial charge is 0.103 e. The lowest BCUT2D eigenvalue weighted by molar-refractivity contribution is 0.398. The van der Waals surface area contributed by atoms with Crippen LogP contribution in [0.3, 0.4) is 0 Å². The van der Waals surface area contributed by atoms with E-state index in [-0.39, 0.29) is 44.6 Å². The van der Waals surface area contributed by atoms with Crippen molar-refractivity contribution >= 4 is 0 Å². The Hall–Kier alpha value is -2.60. The summed E-state index contributed by atoms with van der Waals surface area (Å²) in [5.41, 5.74) is 0. The van der Waals surface area contributed by atoms with E-state index in [4.69, 9.17) is 0 Å². The van der Waals surface area contributed by atoms with E-state index in [1.807, 2.05) is 6.08 Å². The fraction of sp³-hybridized carbons (Fsp3) is 0.649. The zero-order chi connectivity index (χ0) is 35.4. The molecule has 0 nitrogen and oxygen atoms in total. The van der Waals surface area contributed by atoms with Crippen LogP contribution in [-0.2, 0) is 0 Å². The zero-order valence-electron chi connectivity index (χ0n) is 32.2. The van der Waals surface area contributed by atoms with Crippen molar-refractivity contribution in [3.63, 3.8) is 0 Å². The van der Waals surface area contributed by atoms with Gasteiger partial charge in [-0.3, -0.25) is 0 Å². The molecule has 0 aromatic heterocycles. The summed E-state index contributed by atoms with van der Waals surface area (Å²) < 4.78 is 0. The van der Waals surface area contributed by atoms with Crippen molar-refractivity contribution in [1.82, 2.24) is 0 Å². The van der Waals surface area contributed by atoms with Crippen LogP contribution in [0.25, 0.3) is 0 Å². The smallest absolute Gasteiger partial charge is 0.0133 e. The van der Waals surface area contributed by atoms with Crippen molar-refractivity contribution in [3.05, 3.63) is 124 Å². The fourth-order valence-corrected chi connectivity index (χ4v) is 11.6. The molecule has 4 saturated carbocycles. The van der Waals surface area contributed by atoms with Crippen LogP contribution in [0, 0.1) is 82.9 Å². The number of fused-ring (bicyclic) bond motifs is 11. The molecule has 10 rings (SSSR count). The maximum Gasteiger partial charge on any atom is -0.0133 e. The molecule has 8 bridgehead atoms. The van der Waals surface area contributed by atoms with Gasteiger partial charge >= 0.3 is 0 Å². The molecule has 0 aromatic carbocycles. The molecule has 0 saturated heterocycles. The topological polar surface area (TPSA) is 0 Å². The predicted octanol–water partition coefficient (Wildman–Crippen LogP) is 18.2. The van der Waals surface area contributed by atoms with E-state index in [0.29, 0.717) is 0 Å². The molecule has 10 aliphatic rings. The third-order valence-corrected chi connectivity index (χ3v) is 14.5. The predicted molar refractivity (Wildman–Crippen MR) is 263 cm³/mol. The van der Waals surface area contributed by atoms with Crippen molar-refractivity contribution < 1.29 is 0 Å². The van der Waals surface area contributed by atoms with Gasteiger partial charge in [0.2, 0.25) is 0 Å². The molecule has 10 aliphatic carbocycles. The summed E-state index contributed by atoms with van der Waals surface area (Å²) >= 11 is 0. The van der Waals surface area contributed by atoms with Gasteiger partial charge in [-0.1, -0.05) is 148 Å². The summed E-state index contributed by atoms with van der Waals surface area (Å²) in [6, 6.07) is 0. The second-order valence-electron chi connectivity index (χ2n) is 17.8. The Morgan fingerprint density at radius 2 is 1.04 bits per heavy atom. The summed E-state index contributed by atoms with van der Waals surface area (Å²) in [4.78, 5) is 0. The van der Waals surface area contributed by atoms with Crippen LogP contribution in [0.4, 0.5) is 0 Å². The third-order valence-electron chi connectivity index (χ3n) is 14.5. The first-order valence-corrected chi connectivity index (χ1v) is 21.6. The van der Waals surface area contributed by atoms with E-state index in [2.05, 4.69) is 117 Å². The minimum absolute atomic E-state index is 0. The number of rotatable bonds is 10. The van der Waals surface area contributed by atoms with Gasteiger partial charge in [-0.2, -0.15) is 0 Å². The van der Waals surface area contributed by atoms with Gasteiger partial charge in [0.1, 0.15) is 0 Å². The summed E-state index contributed by atoms with van der Waals surface area (Å²) in [7, 11) is 0. The van der Waals surface area contributed by atoms with Gasteiger partial charge in [-0.25, -0.2) is 0 Å². The van der Waals surface area contributed by atoms with Gasteiger partial charge in [0, 0.05) is 0 Å². The average Bonchev–Trinajstić information content (AvgIpc) is 4.04. The van der Waals surface area contributed by atoms with Crippen LogP contribution in [-0.4, -0.2) is 0 Å². The number of hydrogen-bond donors (Lipinski definition) is 0. The Labute approximate surface area is 358 Å². The first-order valence-electron chi connectivity index (χ1n) is 21.6. The highest BCUT2D eigenvalue weighted by Crippen LogP contribution is 2.52. The van der Waals surface area contributed by atoms with Crippen molar-refractivity contribution in [2.75, 3.05) is 0 Å². The van der Waals surface area contributed by atoms with Gasteiger partial charge in [-0.15, -0.1) is 26.3 Å². The molecule has 57 heavy (non-hydrogen) atoms. The molecular formula is C57H96. The summed E-state index contributed by atoms with van der Waals surface area (Å²) in [5.74, 6) is 12.9. The second-order valence-corrected chi connectivity index (χ2v) is 17.8. The minimum Gasteiger partial charge on any atom is -0.103 e. The molecule has 0 spiro atoms. The zero-order valence-corrected chi connectivity index (χ0v) is 32.2. The standard InChI is InChI=1S/C13H20.C11H16.C10H12.C9H12.C8H12.6CH4/c1-2-3-4-5-6-12-9-11-7-8-13(12)10-11;1-2-3-4-10-7-9-5-6-11(10)8-9;1-2-9-7-4-5-8(6-7)10(9)3-1;1-2-8-5-7-3-4-9(8)6-7;1-2-8-6-4-3-5-7-8;;;;;;/h2,7-8,11-13H,1,3-6,9-10H2;2,5-6,9-11H,1,3-4,7-8H2;1-2,4-5,7-10H,3,6H2;2-4,7-9H,1,5-6H2;2-4,8H,1,5-7H2;6*1H4/t11?,12-,13?;9?,10-,11?;;7?,8-,9?;;;;;;;/m00.0......./s1. The highest BCUT2D eigenvalue weighted by Gasteiger charge is 2.44. The van der Waals surface area contributed by atoms with Crippen LogP contribution in [0.15, 0.2) is 124 Å². The Bertz CT molecular complexity index is 1310. The molecule has 4 fully saturated rings. The van der Waals surface area contributed by atoms with Crippen LogP contribution < -0.4 is 0 Å². The van der Waals surface area contributed by atoms with E-state index in [9.17, 15) is 0 Å². The van der Waals surface area contributed by atoms with Crippen LogP contribution in [0.2, 0.25) is 0 Å². The third kappa shape index (κ3) is 14.9. The molecule has 0 aromatic rings. The SMILES string of the molecule is C.C.C.C.C.C.C1=CC2C3C=CC(C3)C2C1.C=CC1CC=CCC1.C=CCCCC[C@H]1CC2C=CC1C2.C=CCC[C@H]1CC2C=CC1C2.C=C[C@H]1CC2C=CC1C2. The number of allylic oxidation sites excluding steroid dienone is 16. The van der Waals surface area contributed by atoms with Crippen molar-refractivity contribution in [1.29, 1.82) is 0 Å². The maximum atomic E-state index is 3.83. The highest BCUT2D eigenvalue weighted by atomic mass is 14.5. The Morgan fingerprint density at radius 1 is 0.456 bits per heavy atom. The van der Waals surface area contributed by atoms with E-state index >= 15 is 0 Å². The van der Waals surface area contributed by atoms with Gasteiger partial charge in [0.05, 0.1) is 0 Å². The summed E-state index contributed by atoms with van der Waals surface area (Å²) in [6.45, 7) is 15.1. The minimum atomic E-state index is 0. The van der Waals surface area contributed by atoms with E-state index in [1.165, 1.54) is 109 Å². The quantitative estimate of drug-likeness (QED) is 0.153. The van der Waals surface area contributed by atoms with Crippen molar-refractivity contribution in [3.8, 4) is 0 Å². The Balaban J connectivity index is 0.000000675. The molecule has 0 aliphatic heterocycles. The molecule has 0 radical (unpaired) electrons. The lowest BCUT2D eigenvalue weighted by atomic mass is 9.86. The lowest BCUT2D eigenvalue weighted by Crippen LogP contribution is -2.12. The second kappa shape index (κ2) is 28.0. The highest BCUT2D eigenvalue weighted by molar-refractivity contribution is 5.21. The van der Waals surface area contributed by atoms with Gasteiger partial charge in [0.25, 0.3) is 0 Å². The summed E-state index contributed by atoms with van der Waals surface area (Å²) in [6.07, 6.45) is 60.1. The van der Waals surface area contributed by atoms with Crippen LogP contribution in [0.1, 0.15) is 154 Å². The maximum absolute atomic E-state index is 3.83. The molecule has 324 valence electrons. The van der Waals surface area contributed by atoms with Gasteiger partial charge in [-0.05, 0) is 186 Å². The molecule has 0 amide bonds. The molecular weight excluding hydrogens is 685 g/mol. The lowest BCUT2D eigenvalue weighted by Gasteiger charge is -2.18. The number of unbranched alkanes of at least 4 members (excludes halogenated alkanes) is 2. The monoisotopic (exact) mass is 781 g/mol. The van der Waals surface area contributed by atoms with Crippen molar-refractivity contribution in [2.24, 2.45) is 82.9 Å². The van der Waals surface area contributed by atoms with Crippen LogP contribution >= 0.6 is 0 Å². The fourth-order valence-electron chi connectivity index (χ4n) is 11.6. The molecule has 0 heteroatoms. The summed E-state index contributed by atoms with van der Waals surface area (Å²) in [5, 5.41) is 0. The van der Waals surface area contributed by atoms with Gasteiger partial charge < -0.3 is 0 Å². The van der Waals surface area contributed by atoms with Gasteiger partial charge in [0.15, 0.2) is 0 Å². The van der Waals surface area contributed by atoms with Crippen molar-refractivity contribution in [2.45, 2.75) is 154 Å². The Morgan fingerprint density at radius 3 is 1.47 bits per heavy atom. The number of hydrogen-bond acceptors (Lipinski definition) is 0. The first kappa shape index (κ1) is 54.4. The molecule has 0 N–H and O–H groups in total. The van der Waals surface area contributed by atoms with E-state index in [0.717, 1.165) is 82.9 Å². The van der Waals surface area contributed by atoms with E-state index in [1.54, 1.807) is 0 Å². The normalized spacial score (nSPS) is 36.5. The molecule has 14 atom stereocenters. The Kier molecular flexibility index (Phi) is 26.7. The van der Waals surface area contributed by atoms with E-state index < -0.39 is 0 Å². The molecule has 0 heterocycles. The molecule has 11 unspecified atom stereocenters.